The lowest BCUT2D eigenvalue weighted by molar-refractivity contribution is -0.137. The second-order valence-electron chi connectivity index (χ2n) is 8.12. The van der Waals surface area contributed by atoms with Crippen LogP contribution in [-0.4, -0.2) is 32.1 Å². The van der Waals surface area contributed by atoms with Crippen molar-refractivity contribution in [3.8, 4) is 17.9 Å². The van der Waals surface area contributed by atoms with E-state index in [1.807, 2.05) is 36.4 Å². The van der Waals surface area contributed by atoms with Crippen molar-refractivity contribution in [2.24, 2.45) is 0 Å². The molecule has 1 saturated heterocycles. The van der Waals surface area contributed by atoms with E-state index in [0.29, 0.717) is 11.3 Å². The zero-order chi connectivity index (χ0) is 25.5. The lowest BCUT2D eigenvalue weighted by Gasteiger charge is -2.28. The van der Waals surface area contributed by atoms with E-state index in [9.17, 15) is 18.4 Å². The van der Waals surface area contributed by atoms with Gasteiger partial charge in [0.05, 0.1) is 54.3 Å². The van der Waals surface area contributed by atoms with Gasteiger partial charge in [0.25, 0.3) is 0 Å². The van der Waals surface area contributed by atoms with Gasteiger partial charge in [0.2, 0.25) is 0 Å². The van der Waals surface area contributed by atoms with Crippen molar-refractivity contribution in [3.63, 3.8) is 0 Å². The Kier molecular flexibility index (Phi) is 7.74. The van der Waals surface area contributed by atoms with Crippen LogP contribution in [0.1, 0.15) is 22.3 Å². The zero-order valence-corrected chi connectivity index (χ0v) is 19.1. The van der Waals surface area contributed by atoms with Gasteiger partial charge in [-0.15, -0.1) is 0 Å². The number of alkyl halides is 3. The molecular weight excluding hydrogens is 471 g/mol. The Morgan fingerprint density at radius 2 is 1.67 bits per heavy atom. The molecule has 0 aliphatic carbocycles. The molecule has 2 atom stereocenters. The fourth-order valence-corrected chi connectivity index (χ4v) is 3.99. The lowest BCUT2D eigenvalue weighted by Crippen LogP contribution is -2.35. The smallest absolute Gasteiger partial charge is 0.419 e. The summed E-state index contributed by atoms with van der Waals surface area (Å²) in [6.45, 7) is 0.464. The standard InChI is InChI=1S/C27H22F3N3O3/c28-27(29,30)26-21(14-32)7-4-8-24(26)33-15-23(17-35-22-11-9-19(13-31)10-12-22)36-25(33)18-34-16-20-5-2-1-3-6-20/h1-12,23,25H,15-18H2/t23-,25+/m0/s1. The molecule has 3 aromatic carbocycles. The molecule has 4 rings (SSSR count). The number of hydrogen-bond acceptors (Lipinski definition) is 6. The number of hydrogen-bond donors (Lipinski definition) is 0. The van der Waals surface area contributed by atoms with Crippen LogP contribution in [0.4, 0.5) is 18.9 Å². The summed E-state index contributed by atoms with van der Waals surface area (Å²) in [7, 11) is 0. The van der Waals surface area contributed by atoms with Gasteiger partial charge in [0.1, 0.15) is 18.5 Å². The van der Waals surface area contributed by atoms with Crippen LogP contribution >= 0.6 is 0 Å². The molecule has 3 aromatic rings. The first-order chi connectivity index (χ1) is 17.4. The van der Waals surface area contributed by atoms with Crippen LogP contribution in [0.25, 0.3) is 0 Å². The van der Waals surface area contributed by atoms with Crippen LogP contribution in [0.3, 0.4) is 0 Å². The first-order valence-electron chi connectivity index (χ1n) is 11.2. The average molecular weight is 493 g/mol. The van der Waals surface area contributed by atoms with Crippen molar-refractivity contribution in [1.29, 1.82) is 10.5 Å². The largest absolute Gasteiger partial charge is 0.491 e. The first-order valence-corrected chi connectivity index (χ1v) is 11.2. The maximum Gasteiger partial charge on any atom is 0.419 e. The Hall–Kier alpha value is -4.05. The highest BCUT2D eigenvalue weighted by molar-refractivity contribution is 5.62. The quantitative estimate of drug-likeness (QED) is 0.425. The number of nitriles is 2. The van der Waals surface area contributed by atoms with Gasteiger partial charge >= 0.3 is 6.18 Å². The third-order valence-electron chi connectivity index (χ3n) is 5.64. The van der Waals surface area contributed by atoms with E-state index in [1.165, 1.54) is 17.0 Å². The van der Waals surface area contributed by atoms with Gasteiger partial charge in [-0.1, -0.05) is 36.4 Å². The summed E-state index contributed by atoms with van der Waals surface area (Å²) in [6.07, 6.45) is -6.11. The van der Waals surface area contributed by atoms with E-state index in [-0.39, 0.29) is 32.1 Å². The Morgan fingerprint density at radius 3 is 2.33 bits per heavy atom. The van der Waals surface area contributed by atoms with Crippen LogP contribution < -0.4 is 9.64 Å². The summed E-state index contributed by atoms with van der Waals surface area (Å²) in [5.41, 5.74) is -0.196. The fraction of sp³-hybridized carbons (Fsp3) is 0.259. The van der Waals surface area contributed by atoms with E-state index >= 15 is 0 Å². The number of ether oxygens (including phenoxy) is 3. The molecule has 9 heteroatoms. The third-order valence-corrected chi connectivity index (χ3v) is 5.64. The minimum atomic E-state index is -4.73. The molecule has 0 bridgehead atoms. The van der Waals surface area contributed by atoms with Gasteiger partial charge in [-0.05, 0) is 42.0 Å². The summed E-state index contributed by atoms with van der Waals surface area (Å²) in [5, 5.41) is 18.2. The molecule has 1 heterocycles. The van der Waals surface area contributed by atoms with Gasteiger partial charge in [-0.3, -0.25) is 0 Å². The Morgan fingerprint density at radius 1 is 0.917 bits per heavy atom. The first kappa shape index (κ1) is 25.1. The summed E-state index contributed by atoms with van der Waals surface area (Å²) in [5.74, 6) is 0.510. The molecule has 0 aromatic heterocycles. The van der Waals surface area contributed by atoms with Crippen molar-refractivity contribution in [2.75, 3.05) is 24.7 Å². The number of rotatable bonds is 8. The highest BCUT2D eigenvalue weighted by Crippen LogP contribution is 2.41. The zero-order valence-electron chi connectivity index (χ0n) is 19.1. The highest BCUT2D eigenvalue weighted by Gasteiger charge is 2.42. The third kappa shape index (κ3) is 5.95. The molecule has 0 amide bonds. The molecule has 0 saturated carbocycles. The molecule has 0 radical (unpaired) electrons. The minimum absolute atomic E-state index is 0.0103. The van der Waals surface area contributed by atoms with E-state index in [4.69, 9.17) is 19.5 Å². The van der Waals surface area contributed by atoms with Gasteiger partial charge in [0.15, 0.2) is 6.23 Å². The predicted octanol–water partition coefficient (Wildman–Crippen LogP) is 5.28. The summed E-state index contributed by atoms with van der Waals surface area (Å²) in [4.78, 5) is 1.47. The lowest BCUT2D eigenvalue weighted by atomic mass is 10.0. The molecular formula is C27H22F3N3O3. The SMILES string of the molecule is N#Cc1ccc(OC[C@@H]2CN(c3cccc(C#N)c3C(F)(F)F)[C@@H](COCc3ccccc3)O2)cc1. The van der Waals surface area contributed by atoms with E-state index in [0.717, 1.165) is 11.6 Å². The van der Waals surface area contributed by atoms with Gasteiger partial charge < -0.3 is 19.1 Å². The van der Waals surface area contributed by atoms with Gasteiger partial charge in [0, 0.05) is 0 Å². The maximum absolute atomic E-state index is 14.0. The van der Waals surface area contributed by atoms with Crippen LogP contribution in [0.5, 0.6) is 5.75 Å². The van der Waals surface area contributed by atoms with Crippen molar-refractivity contribution in [2.45, 2.75) is 25.1 Å². The summed E-state index contributed by atoms with van der Waals surface area (Å²) >= 11 is 0. The molecule has 0 spiro atoms. The molecule has 36 heavy (non-hydrogen) atoms. The Bertz CT molecular complexity index is 1250. The molecule has 184 valence electrons. The summed E-state index contributed by atoms with van der Waals surface area (Å²) < 4.78 is 59.5. The topological polar surface area (TPSA) is 78.5 Å². The average Bonchev–Trinajstić information content (AvgIpc) is 3.30. The number of nitrogens with zero attached hydrogens (tertiary/aromatic N) is 3. The molecule has 1 aliphatic heterocycles. The van der Waals surface area contributed by atoms with Crippen molar-refractivity contribution >= 4 is 5.69 Å². The van der Waals surface area contributed by atoms with Crippen LogP contribution in [-0.2, 0) is 22.3 Å². The predicted molar refractivity (Wildman–Crippen MR) is 125 cm³/mol. The van der Waals surface area contributed by atoms with Crippen LogP contribution in [0.15, 0.2) is 72.8 Å². The Balaban J connectivity index is 1.54. The van der Waals surface area contributed by atoms with Crippen LogP contribution in [0, 0.1) is 22.7 Å². The molecule has 0 N–H and O–H groups in total. The molecule has 0 unspecified atom stereocenters. The normalized spacial score (nSPS) is 17.4. The monoisotopic (exact) mass is 493 g/mol. The van der Waals surface area contributed by atoms with Crippen molar-refractivity contribution in [1.82, 2.24) is 0 Å². The summed E-state index contributed by atoms with van der Waals surface area (Å²) in [6, 6.07) is 23.5. The molecule has 1 aliphatic rings. The molecule has 1 fully saturated rings. The number of halogens is 3. The second-order valence-corrected chi connectivity index (χ2v) is 8.12. The highest BCUT2D eigenvalue weighted by atomic mass is 19.4. The number of anilines is 1. The Labute approximate surface area is 206 Å². The van der Waals surface area contributed by atoms with Gasteiger partial charge in [-0.25, -0.2) is 0 Å². The fourth-order valence-electron chi connectivity index (χ4n) is 3.99. The van der Waals surface area contributed by atoms with E-state index in [1.54, 1.807) is 30.3 Å². The van der Waals surface area contributed by atoms with Gasteiger partial charge in [-0.2, -0.15) is 23.7 Å². The van der Waals surface area contributed by atoms with Crippen molar-refractivity contribution < 1.29 is 27.4 Å². The maximum atomic E-state index is 14.0. The minimum Gasteiger partial charge on any atom is -0.491 e. The van der Waals surface area contributed by atoms with Crippen molar-refractivity contribution in [3.05, 3.63) is 95.1 Å². The van der Waals surface area contributed by atoms with E-state index < -0.39 is 29.6 Å². The number of benzene rings is 3. The molecule has 6 nitrogen and oxygen atoms in total. The van der Waals surface area contributed by atoms with Crippen LogP contribution in [0.2, 0.25) is 0 Å². The van der Waals surface area contributed by atoms with E-state index in [2.05, 4.69) is 0 Å². The second kappa shape index (κ2) is 11.1.